The van der Waals surface area contributed by atoms with Crippen molar-refractivity contribution in [3.8, 4) is 0 Å². The van der Waals surface area contributed by atoms with Crippen LogP contribution in [0.4, 0.5) is 26.3 Å². The summed E-state index contributed by atoms with van der Waals surface area (Å²) in [6, 6.07) is 17.5. The van der Waals surface area contributed by atoms with Crippen LogP contribution >= 0.6 is 0 Å². The molecule has 0 radical (unpaired) electrons. The van der Waals surface area contributed by atoms with Gasteiger partial charge in [0.15, 0.2) is 0 Å². The van der Waals surface area contributed by atoms with Crippen LogP contribution in [0.5, 0.6) is 0 Å². The van der Waals surface area contributed by atoms with Gasteiger partial charge in [0.05, 0.1) is 11.1 Å². The van der Waals surface area contributed by atoms with Gasteiger partial charge in [-0.05, 0) is 56.8 Å². The molecule has 48 heavy (non-hydrogen) atoms. The number of aromatic amines is 1. The quantitative estimate of drug-likeness (QED) is 0.0811. The second-order valence-corrected chi connectivity index (χ2v) is 12.1. The highest BCUT2D eigenvalue weighted by Gasteiger charge is 2.39. The second-order valence-electron chi connectivity index (χ2n) is 12.1. The van der Waals surface area contributed by atoms with Crippen molar-refractivity contribution < 1.29 is 36.0 Å². The molecule has 0 spiro atoms. The molecule has 1 aromatic heterocycles. The van der Waals surface area contributed by atoms with Gasteiger partial charge in [-0.2, -0.15) is 26.3 Å². The highest BCUT2D eigenvalue weighted by molar-refractivity contribution is 6.01. The maximum atomic E-state index is 13.9. The largest absolute Gasteiger partial charge is 0.416 e. The van der Waals surface area contributed by atoms with Crippen LogP contribution in [0.15, 0.2) is 84.1 Å². The first-order chi connectivity index (χ1) is 22.8. The zero-order chi connectivity index (χ0) is 34.5. The number of amides is 1. The first-order valence-electron chi connectivity index (χ1n) is 15.6. The Kier molecular flexibility index (Phi) is 10.8. The Labute approximate surface area is 274 Å². The molecule has 1 atom stereocenters. The molecular formula is C35H37F6N5O2. The molecule has 1 amide bonds. The Morgan fingerprint density at radius 2 is 1.58 bits per heavy atom. The van der Waals surface area contributed by atoms with Gasteiger partial charge in [0.25, 0.3) is 5.91 Å². The lowest BCUT2D eigenvalue weighted by atomic mass is 9.98. The molecule has 1 N–H and O–H groups in total. The van der Waals surface area contributed by atoms with E-state index in [1.54, 1.807) is 0 Å². The Balaban J connectivity index is 1.44. The third-order valence-electron chi connectivity index (χ3n) is 8.29. The molecule has 0 saturated carbocycles. The van der Waals surface area contributed by atoms with Gasteiger partial charge in [-0.15, -0.1) is 0 Å². The van der Waals surface area contributed by atoms with Crippen molar-refractivity contribution in [2.24, 2.45) is 5.16 Å². The molecule has 0 aliphatic carbocycles. The number of nitrogens with one attached hydrogen (secondary N) is 1. The molecule has 1 saturated heterocycles. The number of piperazine rings is 1. The number of oxime groups is 1. The number of alkyl halides is 6. The molecule has 1 aliphatic heterocycles. The summed E-state index contributed by atoms with van der Waals surface area (Å²) in [7, 11) is 3.94. The molecule has 5 rings (SSSR count). The third-order valence-corrected chi connectivity index (χ3v) is 8.29. The van der Waals surface area contributed by atoms with E-state index in [2.05, 4.69) is 15.0 Å². The zero-order valence-electron chi connectivity index (χ0n) is 26.6. The monoisotopic (exact) mass is 673 g/mol. The number of benzene rings is 3. The first-order valence-corrected chi connectivity index (χ1v) is 15.6. The zero-order valence-corrected chi connectivity index (χ0v) is 26.6. The van der Waals surface area contributed by atoms with Crippen molar-refractivity contribution in [2.45, 2.75) is 31.2 Å². The number of fused-ring (bicyclic) bond motifs is 1. The summed E-state index contributed by atoms with van der Waals surface area (Å²) >= 11 is 0. The molecule has 2 heterocycles. The van der Waals surface area contributed by atoms with Crippen LogP contribution in [0.1, 0.15) is 39.0 Å². The van der Waals surface area contributed by atoms with Crippen molar-refractivity contribution in [3.05, 3.63) is 107 Å². The summed E-state index contributed by atoms with van der Waals surface area (Å²) < 4.78 is 82.0. The number of carbonyl (C=O) groups is 1. The molecule has 1 aliphatic rings. The minimum atomic E-state index is -5.07. The molecule has 13 heteroatoms. The predicted octanol–water partition coefficient (Wildman–Crippen LogP) is 6.95. The standard InChI is InChI=1S/C35H37F6N5O2/c1-44(2)13-8-16-48-43-32(24-9-4-3-5-10-24)23-45-14-15-46(29(22-45)19-26-21-42-31-12-7-6-11-30(26)31)33(47)25-17-27(34(36,37)38)20-28(18-25)35(39,40)41/h3-7,9-12,17-18,20-21,29,42H,8,13-16,19,22-23H2,1-2H3/b43-32-/t29-/m1/s1. The van der Waals surface area contributed by atoms with Crippen LogP contribution in [0, 0.1) is 0 Å². The maximum Gasteiger partial charge on any atom is 0.416 e. The summed E-state index contributed by atoms with van der Waals surface area (Å²) in [4.78, 5) is 28.3. The van der Waals surface area contributed by atoms with Gasteiger partial charge in [-0.3, -0.25) is 9.69 Å². The maximum absolute atomic E-state index is 13.9. The summed E-state index contributed by atoms with van der Waals surface area (Å²) in [6.45, 7) is 2.28. The van der Waals surface area contributed by atoms with Crippen molar-refractivity contribution in [1.29, 1.82) is 0 Å². The van der Waals surface area contributed by atoms with Crippen LogP contribution < -0.4 is 0 Å². The predicted molar refractivity (Wildman–Crippen MR) is 172 cm³/mol. The van der Waals surface area contributed by atoms with E-state index in [1.807, 2.05) is 79.8 Å². The SMILES string of the molecule is CN(C)CCCO/N=C(/CN1CCN(C(=O)c2cc(C(F)(F)F)cc(C(F)(F)F)c2)[C@H](Cc2c[nH]c3ccccc23)C1)c1ccccc1. The van der Waals surface area contributed by atoms with E-state index in [0.29, 0.717) is 50.5 Å². The lowest BCUT2D eigenvalue weighted by Gasteiger charge is -2.42. The van der Waals surface area contributed by atoms with Crippen molar-refractivity contribution in [3.63, 3.8) is 0 Å². The first kappa shape index (κ1) is 35.0. The van der Waals surface area contributed by atoms with Gasteiger partial charge in [-0.25, -0.2) is 0 Å². The van der Waals surface area contributed by atoms with Crippen LogP contribution in [-0.2, 0) is 23.6 Å². The van der Waals surface area contributed by atoms with Crippen molar-refractivity contribution >= 4 is 22.5 Å². The topological polar surface area (TPSA) is 64.2 Å². The second kappa shape index (κ2) is 14.8. The third kappa shape index (κ3) is 8.75. The van der Waals surface area contributed by atoms with Gasteiger partial charge in [0.2, 0.25) is 0 Å². The van der Waals surface area contributed by atoms with Crippen LogP contribution in [-0.4, -0.2) is 90.8 Å². The lowest BCUT2D eigenvalue weighted by molar-refractivity contribution is -0.143. The molecule has 0 unspecified atom stereocenters. The molecule has 4 aromatic rings. The minimum absolute atomic E-state index is 0.0329. The van der Waals surface area contributed by atoms with E-state index in [9.17, 15) is 31.1 Å². The van der Waals surface area contributed by atoms with Gasteiger partial charge >= 0.3 is 12.4 Å². The average molecular weight is 674 g/mol. The molecule has 256 valence electrons. The summed E-state index contributed by atoms with van der Waals surface area (Å²) in [5, 5.41) is 5.37. The number of H-pyrrole nitrogens is 1. The van der Waals surface area contributed by atoms with Gasteiger partial charge in [0.1, 0.15) is 12.3 Å². The molecule has 7 nitrogen and oxygen atoms in total. The van der Waals surface area contributed by atoms with Crippen LogP contribution in [0.3, 0.4) is 0 Å². The fourth-order valence-electron chi connectivity index (χ4n) is 5.89. The van der Waals surface area contributed by atoms with Gasteiger partial charge in [0, 0.05) is 67.0 Å². The highest BCUT2D eigenvalue weighted by Crippen LogP contribution is 2.37. The van der Waals surface area contributed by atoms with Gasteiger partial charge < -0.3 is 19.6 Å². The van der Waals surface area contributed by atoms with E-state index in [0.717, 1.165) is 35.0 Å². The number of carbonyl (C=O) groups excluding carboxylic acids is 1. The molecular weight excluding hydrogens is 636 g/mol. The number of rotatable bonds is 11. The van der Waals surface area contributed by atoms with E-state index in [-0.39, 0.29) is 12.6 Å². The summed E-state index contributed by atoms with van der Waals surface area (Å²) in [5.41, 5.74) is -0.456. The summed E-state index contributed by atoms with van der Waals surface area (Å²) in [6.07, 6.45) is -7.23. The smallest absolute Gasteiger partial charge is 0.395 e. The molecule has 0 bridgehead atoms. The van der Waals surface area contributed by atoms with Crippen LogP contribution in [0.25, 0.3) is 10.9 Å². The highest BCUT2D eigenvalue weighted by atomic mass is 19.4. The number of halogens is 6. The number of hydrogen-bond donors (Lipinski definition) is 1. The van der Waals surface area contributed by atoms with E-state index in [1.165, 1.54) is 4.90 Å². The van der Waals surface area contributed by atoms with Gasteiger partial charge in [-0.1, -0.05) is 53.7 Å². The number of para-hydroxylation sites is 1. The van der Waals surface area contributed by atoms with E-state index >= 15 is 0 Å². The molecule has 1 fully saturated rings. The van der Waals surface area contributed by atoms with Crippen molar-refractivity contribution in [1.82, 2.24) is 19.7 Å². The molecule has 3 aromatic carbocycles. The van der Waals surface area contributed by atoms with Crippen LogP contribution in [0.2, 0.25) is 0 Å². The summed E-state index contributed by atoms with van der Waals surface area (Å²) in [5.74, 6) is -0.891. The normalized spacial score (nSPS) is 16.6. The number of aromatic nitrogens is 1. The minimum Gasteiger partial charge on any atom is -0.395 e. The van der Waals surface area contributed by atoms with E-state index in [4.69, 9.17) is 4.84 Å². The fraction of sp³-hybridized carbons (Fsp3) is 0.371. The van der Waals surface area contributed by atoms with Crippen molar-refractivity contribution in [2.75, 3.05) is 53.4 Å². The lowest BCUT2D eigenvalue weighted by Crippen LogP contribution is -2.56. The number of hydrogen-bond acceptors (Lipinski definition) is 5. The Morgan fingerprint density at radius 1 is 0.917 bits per heavy atom. The fourth-order valence-corrected chi connectivity index (χ4v) is 5.89. The Bertz CT molecular complexity index is 1690. The number of nitrogens with zero attached hydrogens (tertiary/aromatic N) is 4. The van der Waals surface area contributed by atoms with E-state index < -0.39 is 41.0 Å². The Morgan fingerprint density at radius 3 is 2.25 bits per heavy atom. The Hall–Kier alpha value is -4.36. The average Bonchev–Trinajstić information content (AvgIpc) is 3.45.